The third-order valence-corrected chi connectivity index (χ3v) is 4.47. The van der Waals surface area contributed by atoms with Crippen molar-refractivity contribution in [3.8, 4) is 0 Å². The maximum atomic E-state index is 10.8. The van der Waals surface area contributed by atoms with Crippen molar-refractivity contribution in [2.24, 2.45) is 17.8 Å². The predicted octanol–water partition coefficient (Wildman–Crippen LogP) is 2.30. The molecule has 0 aromatic heterocycles. The Hall–Kier alpha value is -0.280. The standard InChI is InChI=1S/C11H15ClO3/c12-10(13)15-9-7-1-6-2-8(9)5-11(14,3-6)4-7/h6-9,14H,1-5H2/t6?,7?,8?,9-,11-. The van der Waals surface area contributed by atoms with Gasteiger partial charge in [-0.2, -0.15) is 0 Å². The fourth-order valence-corrected chi connectivity index (χ4v) is 4.34. The zero-order valence-electron chi connectivity index (χ0n) is 8.49. The van der Waals surface area contributed by atoms with Gasteiger partial charge in [0.25, 0.3) is 0 Å². The maximum Gasteiger partial charge on any atom is 0.404 e. The molecule has 0 aliphatic heterocycles. The zero-order valence-corrected chi connectivity index (χ0v) is 9.24. The van der Waals surface area contributed by atoms with Crippen LogP contribution in [0.4, 0.5) is 4.79 Å². The molecule has 4 aliphatic rings. The summed E-state index contributed by atoms with van der Waals surface area (Å²) in [5, 5.41) is 10.3. The molecule has 4 aliphatic carbocycles. The van der Waals surface area contributed by atoms with Crippen molar-refractivity contribution in [3.63, 3.8) is 0 Å². The van der Waals surface area contributed by atoms with Gasteiger partial charge in [0.15, 0.2) is 0 Å². The lowest BCUT2D eigenvalue weighted by molar-refractivity contribution is -0.173. The molecule has 4 heteroatoms. The molecule has 4 saturated carbocycles. The number of hydrogen-bond acceptors (Lipinski definition) is 3. The molecule has 3 nitrogen and oxygen atoms in total. The first-order valence-corrected chi connectivity index (χ1v) is 6.02. The van der Waals surface area contributed by atoms with Gasteiger partial charge in [-0.15, -0.1) is 0 Å². The molecule has 4 bridgehead atoms. The highest BCUT2D eigenvalue weighted by atomic mass is 35.5. The van der Waals surface area contributed by atoms with Crippen molar-refractivity contribution in [1.82, 2.24) is 0 Å². The Morgan fingerprint density at radius 3 is 2.33 bits per heavy atom. The number of rotatable bonds is 1. The van der Waals surface area contributed by atoms with Crippen LogP contribution in [0.15, 0.2) is 0 Å². The number of aliphatic hydroxyl groups is 1. The van der Waals surface area contributed by atoms with Crippen molar-refractivity contribution in [3.05, 3.63) is 0 Å². The Kier molecular flexibility index (Phi) is 2.05. The highest BCUT2D eigenvalue weighted by Gasteiger charge is 2.56. The Bertz CT molecular complexity index is 288. The summed E-state index contributed by atoms with van der Waals surface area (Å²) in [5.74, 6) is 1.31. The van der Waals surface area contributed by atoms with E-state index in [1.165, 1.54) is 0 Å². The second-order valence-electron chi connectivity index (χ2n) is 5.51. The molecule has 4 rings (SSSR count). The monoisotopic (exact) mass is 230 g/mol. The minimum Gasteiger partial charge on any atom is -0.450 e. The number of ether oxygens (including phenoxy) is 1. The summed E-state index contributed by atoms with van der Waals surface area (Å²) in [7, 11) is 0. The maximum absolute atomic E-state index is 10.8. The van der Waals surface area contributed by atoms with E-state index in [0.717, 1.165) is 32.1 Å². The summed E-state index contributed by atoms with van der Waals surface area (Å²) in [5.41, 5.74) is -1.16. The molecular weight excluding hydrogens is 216 g/mol. The van der Waals surface area contributed by atoms with Gasteiger partial charge in [-0.25, -0.2) is 4.79 Å². The van der Waals surface area contributed by atoms with Gasteiger partial charge in [0, 0.05) is 11.6 Å². The van der Waals surface area contributed by atoms with Crippen LogP contribution >= 0.6 is 11.6 Å². The lowest BCUT2D eigenvalue weighted by Crippen LogP contribution is -2.57. The average molecular weight is 231 g/mol. The van der Waals surface area contributed by atoms with Gasteiger partial charge in [0.1, 0.15) is 6.10 Å². The van der Waals surface area contributed by atoms with Gasteiger partial charge < -0.3 is 9.84 Å². The zero-order chi connectivity index (χ0) is 10.6. The van der Waals surface area contributed by atoms with Gasteiger partial charge in [-0.3, -0.25) is 0 Å². The molecule has 0 spiro atoms. The topological polar surface area (TPSA) is 46.5 Å². The molecule has 2 atom stereocenters. The Labute approximate surface area is 93.7 Å². The van der Waals surface area contributed by atoms with E-state index >= 15 is 0 Å². The number of carbonyl (C=O) groups is 1. The third-order valence-electron chi connectivity index (χ3n) is 4.38. The van der Waals surface area contributed by atoms with Crippen LogP contribution in [0.25, 0.3) is 0 Å². The first-order chi connectivity index (χ1) is 7.06. The van der Waals surface area contributed by atoms with E-state index in [1.807, 2.05) is 0 Å². The van der Waals surface area contributed by atoms with Crippen LogP contribution in [0, 0.1) is 17.8 Å². The van der Waals surface area contributed by atoms with E-state index < -0.39 is 11.0 Å². The molecule has 0 aromatic rings. The van der Waals surface area contributed by atoms with E-state index in [9.17, 15) is 9.90 Å². The molecular formula is C11H15ClO3. The largest absolute Gasteiger partial charge is 0.450 e. The quantitative estimate of drug-likeness (QED) is 0.704. The minimum atomic E-state index is -0.695. The predicted molar refractivity (Wildman–Crippen MR) is 54.6 cm³/mol. The molecule has 0 radical (unpaired) electrons. The van der Waals surface area contributed by atoms with E-state index in [1.54, 1.807) is 0 Å². The Morgan fingerprint density at radius 2 is 1.87 bits per heavy atom. The summed E-state index contributed by atoms with van der Waals surface area (Å²) < 4.78 is 5.19. The Morgan fingerprint density at radius 1 is 1.27 bits per heavy atom. The molecule has 1 N–H and O–H groups in total. The van der Waals surface area contributed by atoms with Crippen LogP contribution in [-0.2, 0) is 4.74 Å². The molecule has 15 heavy (non-hydrogen) atoms. The molecule has 0 heterocycles. The second-order valence-corrected chi connectivity index (χ2v) is 5.82. The fraction of sp³-hybridized carbons (Fsp3) is 0.909. The van der Waals surface area contributed by atoms with Crippen LogP contribution in [-0.4, -0.2) is 22.2 Å². The molecule has 0 saturated heterocycles. The Balaban J connectivity index is 1.82. The minimum absolute atomic E-state index is 0.0353. The van der Waals surface area contributed by atoms with Crippen molar-refractivity contribution in [2.75, 3.05) is 0 Å². The lowest BCUT2D eigenvalue weighted by atomic mass is 9.53. The van der Waals surface area contributed by atoms with Crippen molar-refractivity contribution in [2.45, 2.75) is 43.8 Å². The normalized spacial score (nSPS) is 51.9. The smallest absolute Gasteiger partial charge is 0.404 e. The van der Waals surface area contributed by atoms with Crippen molar-refractivity contribution in [1.29, 1.82) is 0 Å². The summed E-state index contributed by atoms with van der Waals surface area (Å²) >= 11 is 5.28. The summed E-state index contributed by atoms with van der Waals surface area (Å²) in [6, 6.07) is 0. The summed E-state index contributed by atoms with van der Waals surface area (Å²) in [6.07, 6.45) is 4.67. The number of carbonyl (C=O) groups excluding carboxylic acids is 1. The highest BCUT2D eigenvalue weighted by Crippen LogP contribution is 2.56. The molecule has 0 aromatic carbocycles. The summed E-state index contributed by atoms with van der Waals surface area (Å²) in [6.45, 7) is 0. The second kappa shape index (κ2) is 3.11. The summed E-state index contributed by atoms with van der Waals surface area (Å²) in [4.78, 5) is 10.8. The average Bonchev–Trinajstić information content (AvgIpc) is 2.08. The highest BCUT2D eigenvalue weighted by molar-refractivity contribution is 6.61. The van der Waals surface area contributed by atoms with E-state index in [4.69, 9.17) is 16.3 Å². The fourth-order valence-electron chi connectivity index (χ4n) is 4.23. The van der Waals surface area contributed by atoms with Crippen molar-refractivity contribution < 1.29 is 14.6 Å². The van der Waals surface area contributed by atoms with E-state index in [-0.39, 0.29) is 6.10 Å². The van der Waals surface area contributed by atoms with Crippen LogP contribution in [0.5, 0.6) is 0 Å². The van der Waals surface area contributed by atoms with E-state index in [2.05, 4.69) is 0 Å². The third kappa shape index (κ3) is 1.56. The molecule has 4 fully saturated rings. The van der Waals surface area contributed by atoms with Gasteiger partial charge in [0.2, 0.25) is 0 Å². The van der Waals surface area contributed by atoms with Crippen LogP contribution in [0.1, 0.15) is 32.1 Å². The van der Waals surface area contributed by atoms with Crippen LogP contribution in [0.3, 0.4) is 0 Å². The van der Waals surface area contributed by atoms with Crippen LogP contribution < -0.4 is 0 Å². The lowest BCUT2D eigenvalue weighted by Gasteiger charge is -2.57. The number of halogens is 1. The first kappa shape index (κ1) is 9.91. The van der Waals surface area contributed by atoms with E-state index in [0.29, 0.717) is 17.8 Å². The van der Waals surface area contributed by atoms with Gasteiger partial charge in [-0.05, 0) is 49.9 Å². The first-order valence-electron chi connectivity index (χ1n) is 5.64. The van der Waals surface area contributed by atoms with Gasteiger partial charge >= 0.3 is 5.43 Å². The number of hydrogen-bond donors (Lipinski definition) is 1. The van der Waals surface area contributed by atoms with Gasteiger partial charge in [0.05, 0.1) is 5.60 Å². The SMILES string of the molecule is O=C(Cl)O[C@H]1C2CC3CC1C[C@](O)(C3)C2. The van der Waals surface area contributed by atoms with Gasteiger partial charge in [-0.1, -0.05) is 0 Å². The molecule has 0 amide bonds. The molecule has 2 unspecified atom stereocenters. The van der Waals surface area contributed by atoms with Crippen molar-refractivity contribution >= 4 is 17.0 Å². The van der Waals surface area contributed by atoms with Crippen LogP contribution in [0.2, 0.25) is 0 Å². The molecule has 84 valence electrons.